The molecule has 0 saturated carbocycles. The third kappa shape index (κ3) is 3.91. The smallest absolute Gasteiger partial charge is 0.344 e. The average molecular weight is 397 g/mol. The number of allylic oxidation sites excluding steroid dienone is 2. The van der Waals surface area contributed by atoms with Crippen LogP contribution in [0.1, 0.15) is 18.5 Å². The molecule has 1 atom stereocenters. The molecule has 29 heavy (non-hydrogen) atoms. The van der Waals surface area contributed by atoms with Gasteiger partial charge in [-0.2, -0.15) is 13.2 Å². The standard InChI is InChI=1S/C21H18F3N5/c1-15(21(22,23)24)29-14-26-27-20(29)17-4-2-6-19(12-17)28-11-3-5-18(13-28)16-7-9-25-10-8-16/h2-10,12-15H,11H2,1H3/t15-/m0/s1. The fraction of sp³-hybridized carbons (Fsp3) is 0.190. The number of alkyl halides is 3. The first-order valence-electron chi connectivity index (χ1n) is 9.05. The van der Waals surface area contributed by atoms with Crippen molar-refractivity contribution in [3.8, 4) is 11.4 Å². The third-order valence-electron chi connectivity index (χ3n) is 4.81. The SMILES string of the molecule is C[C@H](n1cnnc1-c1cccc(N2C=C(c3ccncc3)C=CC2)c1)C(F)(F)F. The normalized spacial score (nSPS) is 15.3. The first-order valence-corrected chi connectivity index (χ1v) is 9.05. The summed E-state index contributed by atoms with van der Waals surface area (Å²) in [5.41, 5.74) is 3.49. The summed E-state index contributed by atoms with van der Waals surface area (Å²) in [5.74, 6) is 0.183. The summed E-state index contributed by atoms with van der Waals surface area (Å²) in [6, 6.07) is 9.42. The molecule has 0 unspecified atom stereocenters. The van der Waals surface area contributed by atoms with E-state index in [1.165, 1.54) is 0 Å². The monoisotopic (exact) mass is 397 g/mol. The maximum atomic E-state index is 13.2. The molecule has 5 nitrogen and oxygen atoms in total. The number of halogens is 3. The average Bonchev–Trinajstić information content (AvgIpc) is 3.23. The van der Waals surface area contributed by atoms with Gasteiger partial charge in [0.25, 0.3) is 0 Å². The summed E-state index contributed by atoms with van der Waals surface area (Å²) < 4.78 is 40.6. The van der Waals surface area contributed by atoms with E-state index in [0.29, 0.717) is 12.1 Å². The van der Waals surface area contributed by atoms with Crippen molar-refractivity contribution in [2.75, 3.05) is 11.4 Å². The van der Waals surface area contributed by atoms with Gasteiger partial charge in [-0.15, -0.1) is 10.2 Å². The fourth-order valence-corrected chi connectivity index (χ4v) is 3.17. The molecule has 3 heterocycles. The number of rotatable bonds is 4. The van der Waals surface area contributed by atoms with E-state index in [4.69, 9.17) is 0 Å². The van der Waals surface area contributed by atoms with E-state index in [1.807, 2.05) is 47.5 Å². The maximum Gasteiger partial charge on any atom is 0.408 e. The largest absolute Gasteiger partial charge is 0.408 e. The quantitative estimate of drug-likeness (QED) is 0.630. The molecule has 1 aromatic carbocycles. The Morgan fingerprint density at radius 2 is 1.86 bits per heavy atom. The molecule has 0 saturated heterocycles. The van der Waals surface area contributed by atoms with E-state index in [2.05, 4.69) is 15.2 Å². The topological polar surface area (TPSA) is 46.8 Å². The van der Waals surface area contributed by atoms with Crippen LogP contribution in [-0.4, -0.2) is 32.5 Å². The number of benzene rings is 1. The molecule has 0 fully saturated rings. The van der Waals surface area contributed by atoms with Crippen LogP contribution in [0.3, 0.4) is 0 Å². The number of hydrogen-bond donors (Lipinski definition) is 0. The molecule has 1 aliphatic heterocycles. The van der Waals surface area contributed by atoms with Crippen LogP contribution >= 0.6 is 0 Å². The molecule has 0 amide bonds. The first kappa shape index (κ1) is 18.9. The molecule has 148 valence electrons. The number of anilines is 1. The van der Waals surface area contributed by atoms with Gasteiger partial charge in [-0.3, -0.25) is 4.98 Å². The van der Waals surface area contributed by atoms with Crippen LogP contribution in [0.15, 0.2) is 73.5 Å². The van der Waals surface area contributed by atoms with Crippen molar-refractivity contribution in [2.24, 2.45) is 0 Å². The third-order valence-corrected chi connectivity index (χ3v) is 4.81. The molecule has 0 aliphatic carbocycles. The second-order valence-corrected chi connectivity index (χ2v) is 6.70. The van der Waals surface area contributed by atoms with Gasteiger partial charge in [0.15, 0.2) is 5.82 Å². The zero-order valence-electron chi connectivity index (χ0n) is 15.6. The lowest BCUT2D eigenvalue weighted by atomic mass is 10.1. The van der Waals surface area contributed by atoms with Gasteiger partial charge in [-0.05, 0) is 42.3 Å². The van der Waals surface area contributed by atoms with E-state index in [0.717, 1.165) is 34.6 Å². The summed E-state index contributed by atoms with van der Waals surface area (Å²) in [6.45, 7) is 1.75. The lowest BCUT2D eigenvalue weighted by Crippen LogP contribution is -2.24. The van der Waals surface area contributed by atoms with E-state index < -0.39 is 12.2 Å². The van der Waals surface area contributed by atoms with Crippen molar-refractivity contribution in [3.63, 3.8) is 0 Å². The van der Waals surface area contributed by atoms with Crippen LogP contribution in [-0.2, 0) is 0 Å². The summed E-state index contributed by atoms with van der Waals surface area (Å²) >= 11 is 0. The lowest BCUT2D eigenvalue weighted by Gasteiger charge is -2.24. The van der Waals surface area contributed by atoms with Gasteiger partial charge in [-0.1, -0.05) is 24.3 Å². The number of hydrogen-bond acceptors (Lipinski definition) is 4. The second-order valence-electron chi connectivity index (χ2n) is 6.70. The van der Waals surface area contributed by atoms with E-state index >= 15 is 0 Å². The molecular weight excluding hydrogens is 379 g/mol. The Morgan fingerprint density at radius 3 is 2.62 bits per heavy atom. The number of aromatic nitrogens is 4. The van der Waals surface area contributed by atoms with Crippen molar-refractivity contribution >= 4 is 11.3 Å². The molecule has 2 aromatic heterocycles. The number of pyridine rings is 1. The van der Waals surface area contributed by atoms with Gasteiger partial charge in [0.2, 0.25) is 0 Å². The maximum absolute atomic E-state index is 13.2. The van der Waals surface area contributed by atoms with E-state index in [9.17, 15) is 13.2 Å². The van der Waals surface area contributed by atoms with Crippen LogP contribution in [0.25, 0.3) is 17.0 Å². The molecule has 8 heteroatoms. The van der Waals surface area contributed by atoms with Crippen molar-refractivity contribution in [1.82, 2.24) is 19.7 Å². The van der Waals surface area contributed by atoms with Crippen molar-refractivity contribution in [1.29, 1.82) is 0 Å². The molecule has 0 N–H and O–H groups in total. The Morgan fingerprint density at radius 1 is 1.07 bits per heavy atom. The van der Waals surface area contributed by atoms with E-state index in [1.54, 1.807) is 24.5 Å². The first-order chi connectivity index (χ1) is 13.9. The van der Waals surface area contributed by atoms with Gasteiger partial charge in [0.1, 0.15) is 12.4 Å². The van der Waals surface area contributed by atoms with Crippen LogP contribution < -0.4 is 4.90 Å². The van der Waals surface area contributed by atoms with Gasteiger partial charge in [0.05, 0.1) is 0 Å². The van der Waals surface area contributed by atoms with Gasteiger partial charge >= 0.3 is 6.18 Å². The Bertz CT molecular complexity index is 1050. The highest BCUT2D eigenvalue weighted by Gasteiger charge is 2.38. The fourth-order valence-electron chi connectivity index (χ4n) is 3.17. The van der Waals surface area contributed by atoms with Crippen molar-refractivity contribution in [2.45, 2.75) is 19.1 Å². The van der Waals surface area contributed by atoms with Crippen molar-refractivity contribution in [3.05, 3.63) is 79.0 Å². The predicted octanol–water partition coefficient (Wildman–Crippen LogP) is 4.88. The molecule has 0 spiro atoms. The summed E-state index contributed by atoms with van der Waals surface area (Å²) in [5, 5.41) is 7.63. The zero-order chi connectivity index (χ0) is 20.4. The molecular formula is C21H18F3N5. The van der Waals surface area contributed by atoms with Crippen LogP contribution in [0.2, 0.25) is 0 Å². The second kappa shape index (κ2) is 7.54. The van der Waals surface area contributed by atoms with Gasteiger partial charge < -0.3 is 9.47 Å². The Labute approximate surface area is 165 Å². The van der Waals surface area contributed by atoms with Gasteiger partial charge in [-0.25, -0.2) is 0 Å². The molecule has 4 rings (SSSR count). The Balaban J connectivity index is 1.67. The van der Waals surface area contributed by atoms with Crippen molar-refractivity contribution < 1.29 is 13.2 Å². The molecule has 0 radical (unpaired) electrons. The highest BCUT2D eigenvalue weighted by molar-refractivity contribution is 5.78. The predicted molar refractivity (Wildman–Crippen MR) is 105 cm³/mol. The molecule has 1 aliphatic rings. The Kier molecular flexibility index (Phi) is 4.92. The van der Waals surface area contributed by atoms with Crippen LogP contribution in [0, 0.1) is 0 Å². The van der Waals surface area contributed by atoms with E-state index in [-0.39, 0.29) is 5.82 Å². The molecule has 3 aromatic rings. The zero-order valence-corrected chi connectivity index (χ0v) is 15.6. The van der Waals surface area contributed by atoms with Crippen LogP contribution in [0.5, 0.6) is 0 Å². The lowest BCUT2D eigenvalue weighted by molar-refractivity contribution is -0.162. The highest BCUT2D eigenvalue weighted by atomic mass is 19.4. The summed E-state index contributed by atoms with van der Waals surface area (Å²) in [6.07, 6.45) is 6.29. The minimum Gasteiger partial charge on any atom is -0.344 e. The van der Waals surface area contributed by atoms with Gasteiger partial charge in [0, 0.05) is 36.4 Å². The molecule has 0 bridgehead atoms. The summed E-state index contributed by atoms with van der Waals surface area (Å²) in [7, 11) is 0. The minimum absolute atomic E-state index is 0.183. The minimum atomic E-state index is -4.38. The summed E-state index contributed by atoms with van der Waals surface area (Å²) in [4.78, 5) is 6.07. The Hall–Kier alpha value is -3.42. The van der Waals surface area contributed by atoms with Crippen LogP contribution in [0.4, 0.5) is 18.9 Å². The highest BCUT2D eigenvalue weighted by Crippen LogP contribution is 2.34. The number of nitrogens with zero attached hydrogens (tertiary/aromatic N) is 5.